The molecule has 0 spiro atoms. The van der Waals surface area contributed by atoms with E-state index in [2.05, 4.69) is 0 Å². The van der Waals surface area contributed by atoms with E-state index < -0.39 is 12.0 Å². The predicted molar refractivity (Wildman–Crippen MR) is 98.3 cm³/mol. The van der Waals surface area contributed by atoms with Crippen LogP contribution in [-0.4, -0.2) is 43.1 Å². The van der Waals surface area contributed by atoms with Gasteiger partial charge in [0.1, 0.15) is 28.3 Å². The Morgan fingerprint density at radius 1 is 1.31 bits per heavy atom. The van der Waals surface area contributed by atoms with Crippen LogP contribution in [0.2, 0.25) is 5.02 Å². The highest BCUT2D eigenvalue weighted by Crippen LogP contribution is 2.35. The average molecular weight is 382 g/mol. The number of amides is 1. The lowest BCUT2D eigenvalue weighted by Crippen LogP contribution is -2.44. The molecule has 0 aliphatic carbocycles. The molecule has 0 N–H and O–H groups in total. The topological polar surface area (TPSA) is 65.1 Å². The highest BCUT2D eigenvalue weighted by atomic mass is 35.5. The van der Waals surface area contributed by atoms with Crippen LogP contribution < -0.4 is 9.47 Å². The maximum absolute atomic E-state index is 12.4. The Bertz CT molecular complexity index is 701. The fraction of sp³-hybridized carbons (Fsp3) is 0.474. The molecule has 26 heavy (non-hydrogen) atoms. The lowest BCUT2D eigenvalue weighted by atomic mass is 10.0. The number of methoxy groups -OCH3 is 1. The van der Waals surface area contributed by atoms with E-state index in [-0.39, 0.29) is 18.4 Å². The minimum Gasteiger partial charge on any atom is -0.492 e. The average Bonchev–Trinajstić information content (AvgIpc) is 2.95. The molecule has 1 aliphatic rings. The van der Waals surface area contributed by atoms with Crippen LogP contribution in [0.1, 0.15) is 27.2 Å². The zero-order valence-electron chi connectivity index (χ0n) is 15.5. The van der Waals surface area contributed by atoms with Crippen LogP contribution in [0.4, 0.5) is 0 Å². The van der Waals surface area contributed by atoms with Gasteiger partial charge < -0.3 is 19.1 Å². The van der Waals surface area contributed by atoms with Gasteiger partial charge in [0.2, 0.25) is 0 Å². The standard InChI is InChI=1S/C19H24ClNO5/c1-5-25-15-7-6-8-16(18(15)20)26-13-10-17(22)21(11-13)14(9-12(2)3)19(23)24-4/h6-8,10,12,14H,5,9,11H2,1-4H3/t14-/m0/s1. The van der Waals surface area contributed by atoms with Crippen LogP contribution in [0.25, 0.3) is 0 Å². The Labute approximate surface area is 158 Å². The normalized spacial score (nSPS) is 15.1. The summed E-state index contributed by atoms with van der Waals surface area (Å²) in [5.41, 5.74) is 0. The minimum atomic E-state index is -0.643. The first-order valence-electron chi connectivity index (χ1n) is 8.55. The predicted octanol–water partition coefficient (Wildman–Crippen LogP) is 3.43. The quantitative estimate of drug-likeness (QED) is 0.645. The van der Waals surface area contributed by atoms with E-state index in [0.29, 0.717) is 35.3 Å². The number of rotatable bonds is 8. The number of carbonyl (C=O) groups excluding carboxylic acids is 2. The maximum atomic E-state index is 12.4. The van der Waals surface area contributed by atoms with E-state index in [1.165, 1.54) is 18.1 Å². The molecule has 1 heterocycles. The number of halogens is 1. The van der Waals surface area contributed by atoms with Crippen molar-refractivity contribution in [1.82, 2.24) is 4.90 Å². The summed E-state index contributed by atoms with van der Waals surface area (Å²) in [6.07, 6.45) is 1.89. The van der Waals surface area contributed by atoms with Gasteiger partial charge in [0.15, 0.2) is 0 Å². The highest BCUT2D eigenvalue weighted by molar-refractivity contribution is 6.33. The van der Waals surface area contributed by atoms with Gasteiger partial charge in [0.05, 0.1) is 20.3 Å². The van der Waals surface area contributed by atoms with Crippen LogP contribution in [-0.2, 0) is 14.3 Å². The van der Waals surface area contributed by atoms with Gasteiger partial charge in [-0.1, -0.05) is 31.5 Å². The maximum Gasteiger partial charge on any atom is 0.328 e. The third-order valence-corrected chi connectivity index (χ3v) is 4.28. The van der Waals surface area contributed by atoms with Crippen LogP contribution >= 0.6 is 11.6 Å². The first-order chi connectivity index (χ1) is 12.4. The second-order valence-electron chi connectivity index (χ2n) is 6.35. The van der Waals surface area contributed by atoms with E-state index in [1.807, 2.05) is 20.8 Å². The third-order valence-electron chi connectivity index (χ3n) is 3.91. The molecule has 0 radical (unpaired) electrons. The zero-order valence-corrected chi connectivity index (χ0v) is 16.2. The second kappa shape index (κ2) is 8.94. The van der Waals surface area contributed by atoms with Gasteiger partial charge >= 0.3 is 5.97 Å². The Hall–Kier alpha value is -2.21. The number of ether oxygens (including phenoxy) is 3. The zero-order chi connectivity index (χ0) is 19.3. The summed E-state index contributed by atoms with van der Waals surface area (Å²) in [6.45, 7) is 6.50. The van der Waals surface area contributed by atoms with Gasteiger partial charge in [-0.05, 0) is 31.4 Å². The summed E-state index contributed by atoms with van der Waals surface area (Å²) in [7, 11) is 1.32. The first-order valence-corrected chi connectivity index (χ1v) is 8.93. The monoisotopic (exact) mass is 381 g/mol. The molecule has 1 aromatic carbocycles. The van der Waals surface area contributed by atoms with Crippen molar-refractivity contribution in [2.45, 2.75) is 33.2 Å². The van der Waals surface area contributed by atoms with Crippen molar-refractivity contribution in [1.29, 1.82) is 0 Å². The SMILES string of the molecule is CCOc1cccc(OC2=CC(=O)N([C@@H](CC(C)C)C(=O)OC)C2)c1Cl. The molecule has 0 unspecified atom stereocenters. The van der Waals surface area contributed by atoms with Gasteiger partial charge in [-0.15, -0.1) is 0 Å². The molecule has 1 aromatic rings. The van der Waals surface area contributed by atoms with Crippen molar-refractivity contribution in [2.75, 3.05) is 20.3 Å². The summed E-state index contributed by atoms with van der Waals surface area (Å²) in [4.78, 5) is 25.9. The first kappa shape index (κ1) is 20.1. The molecule has 1 atom stereocenters. The minimum absolute atomic E-state index is 0.181. The number of hydrogen-bond donors (Lipinski definition) is 0. The van der Waals surface area contributed by atoms with Crippen LogP contribution in [0, 0.1) is 5.92 Å². The molecule has 1 amide bonds. The van der Waals surface area contributed by atoms with Gasteiger partial charge in [-0.25, -0.2) is 4.79 Å². The third kappa shape index (κ3) is 4.69. The van der Waals surface area contributed by atoms with Crippen molar-refractivity contribution in [3.63, 3.8) is 0 Å². The molecule has 0 bridgehead atoms. The molecule has 0 saturated heterocycles. The summed E-state index contributed by atoms with van der Waals surface area (Å²) in [6, 6.07) is 4.56. The van der Waals surface area contributed by atoms with E-state index in [9.17, 15) is 9.59 Å². The van der Waals surface area contributed by atoms with Crippen molar-refractivity contribution >= 4 is 23.5 Å². The van der Waals surface area contributed by atoms with Gasteiger partial charge in [-0.2, -0.15) is 0 Å². The summed E-state index contributed by atoms with van der Waals surface area (Å²) >= 11 is 6.29. The Balaban J connectivity index is 2.15. The molecule has 142 valence electrons. The molecule has 0 saturated carbocycles. The highest BCUT2D eigenvalue weighted by Gasteiger charge is 2.35. The van der Waals surface area contributed by atoms with Crippen LogP contribution in [0.5, 0.6) is 11.5 Å². The number of esters is 1. The van der Waals surface area contributed by atoms with Crippen molar-refractivity contribution in [3.05, 3.63) is 35.1 Å². The fourth-order valence-corrected chi connectivity index (χ4v) is 2.97. The molecule has 6 nitrogen and oxygen atoms in total. The van der Waals surface area contributed by atoms with Crippen molar-refractivity contribution in [3.8, 4) is 11.5 Å². The second-order valence-corrected chi connectivity index (χ2v) is 6.73. The summed E-state index contributed by atoms with van der Waals surface area (Å²) in [5, 5.41) is 0.341. The lowest BCUT2D eigenvalue weighted by molar-refractivity contribution is -0.151. The van der Waals surface area contributed by atoms with Crippen LogP contribution in [0.3, 0.4) is 0 Å². The van der Waals surface area contributed by atoms with Gasteiger partial charge in [0.25, 0.3) is 5.91 Å². The number of nitrogens with zero attached hydrogens (tertiary/aromatic N) is 1. The van der Waals surface area contributed by atoms with E-state index >= 15 is 0 Å². The number of hydrogen-bond acceptors (Lipinski definition) is 5. The molecule has 1 aliphatic heterocycles. The summed E-state index contributed by atoms with van der Waals surface area (Å²) in [5.74, 6) is 0.848. The summed E-state index contributed by atoms with van der Waals surface area (Å²) < 4.78 is 16.1. The Morgan fingerprint density at radius 3 is 2.62 bits per heavy atom. The van der Waals surface area contributed by atoms with E-state index in [4.69, 9.17) is 25.8 Å². The number of benzene rings is 1. The molecular formula is C19H24ClNO5. The smallest absolute Gasteiger partial charge is 0.328 e. The van der Waals surface area contributed by atoms with Crippen LogP contribution in [0.15, 0.2) is 30.0 Å². The Morgan fingerprint density at radius 2 is 2.00 bits per heavy atom. The lowest BCUT2D eigenvalue weighted by Gasteiger charge is -2.27. The van der Waals surface area contributed by atoms with Crippen molar-refractivity contribution in [2.24, 2.45) is 5.92 Å². The molecule has 0 fully saturated rings. The number of carbonyl (C=O) groups is 2. The largest absolute Gasteiger partial charge is 0.492 e. The van der Waals surface area contributed by atoms with E-state index in [1.54, 1.807) is 18.2 Å². The molecule has 0 aromatic heterocycles. The molecule has 2 rings (SSSR count). The van der Waals surface area contributed by atoms with E-state index in [0.717, 1.165) is 0 Å². The fourth-order valence-electron chi connectivity index (χ4n) is 2.75. The Kier molecular flexibility index (Phi) is 6.91. The van der Waals surface area contributed by atoms with Gasteiger partial charge in [-0.3, -0.25) is 4.79 Å². The molecule has 7 heteroatoms. The van der Waals surface area contributed by atoms with Gasteiger partial charge in [0, 0.05) is 6.08 Å². The van der Waals surface area contributed by atoms with Crippen molar-refractivity contribution < 1.29 is 23.8 Å². The molecular weight excluding hydrogens is 358 g/mol.